The minimum absolute atomic E-state index is 0.199. The van der Waals surface area contributed by atoms with Gasteiger partial charge in [-0.05, 0) is 54.9 Å². The molecule has 0 saturated heterocycles. The molecule has 0 spiro atoms. The zero-order valence-electron chi connectivity index (χ0n) is 13.3. The third-order valence-corrected chi connectivity index (χ3v) is 4.18. The number of nitrogens with two attached hydrogens (primary N) is 1. The van der Waals surface area contributed by atoms with E-state index in [0.717, 1.165) is 24.1 Å². The predicted octanol–water partition coefficient (Wildman–Crippen LogP) is 3.03. The van der Waals surface area contributed by atoms with Crippen molar-refractivity contribution in [3.05, 3.63) is 45.7 Å². The Morgan fingerprint density at radius 2 is 1.91 bits per heavy atom. The van der Waals surface area contributed by atoms with E-state index in [4.69, 9.17) is 5.73 Å². The topological polar surface area (TPSA) is 60.9 Å². The lowest BCUT2D eigenvalue weighted by Crippen LogP contribution is -2.27. The normalized spacial score (nSPS) is 14.1. The molecule has 2 aromatic rings. The molecular formula is C18H23N3O. The molecule has 4 nitrogen and oxygen atoms in total. The molecule has 1 heterocycles. The van der Waals surface area contributed by atoms with Crippen LogP contribution in [-0.2, 0) is 19.4 Å². The van der Waals surface area contributed by atoms with Gasteiger partial charge in [0, 0.05) is 12.1 Å². The van der Waals surface area contributed by atoms with Gasteiger partial charge in [0.1, 0.15) is 5.69 Å². The number of fused-ring (bicyclic) bond motifs is 1. The summed E-state index contributed by atoms with van der Waals surface area (Å²) < 4.78 is 1.49. The minimum Gasteiger partial charge on any atom is -0.394 e. The van der Waals surface area contributed by atoms with Crippen molar-refractivity contribution < 1.29 is 0 Å². The lowest BCUT2D eigenvalue weighted by atomic mass is 9.90. The first kappa shape index (κ1) is 14.8. The van der Waals surface area contributed by atoms with Gasteiger partial charge in [0.05, 0.1) is 5.69 Å². The highest BCUT2D eigenvalue weighted by atomic mass is 16.1. The SMILES string of the molecule is CC(C)Cn1nc(-c2ccc3c(c2)CCCC3)cc(N)c1=O. The molecule has 0 unspecified atom stereocenters. The van der Waals surface area contributed by atoms with Gasteiger partial charge in [-0.2, -0.15) is 5.10 Å². The molecule has 0 saturated carbocycles. The number of hydrogen-bond acceptors (Lipinski definition) is 3. The van der Waals surface area contributed by atoms with Crippen molar-refractivity contribution in [2.45, 2.75) is 46.1 Å². The van der Waals surface area contributed by atoms with Crippen LogP contribution in [0.5, 0.6) is 0 Å². The van der Waals surface area contributed by atoms with Gasteiger partial charge in [-0.1, -0.05) is 26.0 Å². The van der Waals surface area contributed by atoms with Crippen LogP contribution in [0.15, 0.2) is 29.1 Å². The molecule has 1 aliphatic carbocycles. The minimum atomic E-state index is -0.199. The molecule has 4 heteroatoms. The molecule has 0 bridgehead atoms. The highest BCUT2D eigenvalue weighted by Gasteiger charge is 2.13. The summed E-state index contributed by atoms with van der Waals surface area (Å²) in [5.74, 6) is 0.350. The van der Waals surface area contributed by atoms with Crippen molar-refractivity contribution in [1.82, 2.24) is 9.78 Å². The Morgan fingerprint density at radius 3 is 2.64 bits per heavy atom. The van der Waals surface area contributed by atoms with Crippen LogP contribution in [0.25, 0.3) is 11.3 Å². The van der Waals surface area contributed by atoms with Gasteiger partial charge >= 0.3 is 0 Å². The van der Waals surface area contributed by atoms with E-state index in [0.29, 0.717) is 12.5 Å². The largest absolute Gasteiger partial charge is 0.394 e. The van der Waals surface area contributed by atoms with Crippen molar-refractivity contribution in [2.24, 2.45) is 5.92 Å². The molecule has 1 aromatic heterocycles. The number of anilines is 1. The maximum Gasteiger partial charge on any atom is 0.289 e. The monoisotopic (exact) mass is 297 g/mol. The number of nitrogen functional groups attached to an aromatic ring is 1. The quantitative estimate of drug-likeness (QED) is 0.947. The Hall–Kier alpha value is -2.10. The molecule has 116 valence electrons. The Morgan fingerprint density at radius 1 is 1.18 bits per heavy atom. The summed E-state index contributed by atoms with van der Waals surface area (Å²) in [7, 11) is 0. The molecule has 0 radical (unpaired) electrons. The second-order valence-corrected chi connectivity index (χ2v) is 6.56. The molecule has 2 N–H and O–H groups in total. The molecule has 0 aliphatic heterocycles. The summed E-state index contributed by atoms with van der Waals surface area (Å²) in [6, 6.07) is 8.19. The fraction of sp³-hybridized carbons (Fsp3) is 0.444. The molecule has 3 rings (SSSR count). The summed E-state index contributed by atoms with van der Waals surface area (Å²) in [5, 5.41) is 4.52. The highest BCUT2D eigenvalue weighted by molar-refractivity contribution is 5.64. The van der Waals surface area contributed by atoms with E-state index < -0.39 is 0 Å². The van der Waals surface area contributed by atoms with Crippen LogP contribution < -0.4 is 11.3 Å². The van der Waals surface area contributed by atoms with E-state index in [1.165, 1.54) is 28.7 Å². The van der Waals surface area contributed by atoms with Crippen molar-refractivity contribution in [3.8, 4) is 11.3 Å². The zero-order valence-corrected chi connectivity index (χ0v) is 13.3. The van der Waals surface area contributed by atoms with Gasteiger partial charge in [0.15, 0.2) is 0 Å². The van der Waals surface area contributed by atoms with E-state index >= 15 is 0 Å². The molecule has 0 amide bonds. The summed E-state index contributed by atoms with van der Waals surface area (Å²) in [6.07, 6.45) is 4.82. The molecule has 0 atom stereocenters. The van der Waals surface area contributed by atoms with Gasteiger partial charge in [-0.25, -0.2) is 4.68 Å². The Labute approximate surface area is 131 Å². The average Bonchev–Trinajstić information content (AvgIpc) is 2.50. The summed E-state index contributed by atoms with van der Waals surface area (Å²) in [5.41, 5.74) is 10.6. The van der Waals surface area contributed by atoms with E-state index in [1.807, 2.05) is 0 Å². The van der Waals surface area contributed by atoms with Crippen LogP contribution in [0.2, 0.25) is 0 Å². The highest BCUT2D eigenvalue weighted by Crippen LogP contribution is 2.26. The number of rotatable bonds is 3. The van der Waals surface area contributed by atoms with Crippen molar-refractivity contribution >= 4 is 5.69 Å². The van der Waals surface area contributed by atoms with Gasteiger partial charge in [0.25, 0.3) is 5.56 Å². The summed E-state index contributed by atoms with van der Waals surface area (Å²) >= 11 is 0. The molecule has 0 fully saturated rings. The van der Waals surface area contributed by atoms with E-state index in [-0.39, 0.29) is 11.2 Å². The molecular weight excluding hydrogens is 274 g/mol. The zero-order chi connectivity index (χ0) is 15.7. The smallest absolute Gasteiger partial charge is 0.289 e. The van der Waals surface area contributed by atoms with Gasteiger partial charge < -0.3 is 5.73 Å². The van der Waals surface area contributed by atoms with Crippen molar-refractivity contribution in [3.63, 3.8) is 0 Å². The second-order valence-electron chi connectivity index (χ2n) is 6.56. The average molecular weight is 297 g/mol. The van der Waals surface area contributed by atoms with Crippen molar-refractivity contribution in [2.75, 3.05) is 5.73 Å². The van der Waals surface area contributed by atoms with Gasteiger partial charge in [-0.15, -0.1) is 0 Å². The first-order valence-electron chi connectivity index (χ1n) is 8.04. The maximum absolute atomic E-state index is 12.1. The lowest BCUT2D eigenvalue weighted by Gasteiger charge is -2.17. The third-order valence-electron chi connectivity index (χ3n) is 4.18. The first-order chi connectivity index (χ1) is 10.5. The van der Waals surface area contributed by atoms with E-state index in [2.05, 4.69) is 37.1 Å². The standard InChI is InChI=1S/C18H23N3O/c1-12(2)11-21-18(22)16(19)10-17(20-21)15-8-7-13-5-3-4-6-14(13)9-15/h7-10,12H,3-6,11,19H2,1-2H3. The number of nitrogens with zero attached hydrogens (tertiary/aromatic N) is 2. The van der Waals surface area contributed by atoms with E-state index in [1.54, 1.807) is 6.07 Å². The second kappa shape index (κ2) is 5.95. The van der Waals surface area contributed by atoms with Crippen LogP contribution in [0.4, 0.5) is 5.69 Å². The van der Waals surface area contributed by atoms with Crippen molar-refractivity contribution in [1.29, 1.82) is 0 Å². The Balaban J connectivity index is 2.04. The number of aryl methyl sites for hydroxylation is 2. The maximum atomic E-state index is 12.1. The van der Waals surface area contributed by atoms with Crippen LogP contribution >= 0.6 is 0 Å². The third kappa shape index (κ3) is 2.91. The van der Waals surface area contributed by atoms with Crippen LogP contribution in [-0.4, -0.2) is 9.78 Å². The Bertz CT molecular complexity index is 746. The van der Waals surface area contributed by atoms with Crippen LogP contribution in [0.1, 0.15) is 37.8 Å². The Kier molecular flexibility index (Phi) is 4.01. The van der Waals surface area contributed by atoms with Crippen LogP contribution in [0.3, 0.4) is 0 Å². The molecule has 22 heavy (non-hydrogen) atoms. The van der Waals surface area contributed by atoms with Gasteiger partial charge in [-0.3, -0.25) is 4.79 Å². The predicted molar refractivity (Wildman–Crippen MR) is 89.8 cm³/mol. The van der Waals surface area contributed by atoms with Gasteiger partial charge in [0.2, 0.25) is 0 Å². The first-order valence-corrected chi connectivity index (χ1v) is 8.04. The van der Waals surface area contributed by atoms with E-state index in [9.17, 15) is 4.79 Å². The number of benzene rings is 1. The molecule has 1 aliphatic rings. The fourth-order valence-electron chi connectivity index (χ4n) is 3.07. The summed E-state index contributed by atoms with van der Waals surface area (Å²) in [6.45, 7) is 4.72. The fourth-order valence-corrected chi connectivity index (χ4v) is 3.07. The number of hydrogen-bond donors (Lipinski definition) is 1. The lowest BCUT2D eigenvalue weighted by molar-refractivity contribution is 0.466. The molecule has 1 aromatic carbocycles. The van der Waals surface area contributed by atoms with Crippen LogP contribution in [0, 0.1) is 5.92 Å². The number of aromatic nitrogens is 2. The summed E-state index contributed by atoms with van der Waals surface area (Å²) in [4.78, 5) is 12.1.